The first-order valence-electron chi connectivity index (χ1n) is 5.37. The van der Waals surface area contributed by atoms with Gasteiger partial charge in [-0.2, -0.15) is 5.10 Å². The first-order valence-corrected chi connectivity index (χ1v) is 5.37. The minimum absolute atomic E-state index is 0.0350. The van der Waals surface area contributed by atoms with Gasteiger partial charge in [-0.15, -0.1) is 0 Å². The second-order valence-corrected chi connectivity index (χ2v) is 4.07. The van der Waals surface area contributed by atoms with Gasteiger partial charge in [0, 0.05) is 19.8 Å². The molecule has 17 heavy (non-hydrogen) atoms. The average molecular weight is 237 g/mol. The van der Waals surface area contributed by atoms with E-state index in [0.717, 1.165) is 0 Å². The predicted molar refractivity (Wildman–Crippen MR) is 60.9 cm³/mol. The van der Waals surface area contributed by atoms with Crippen LogP contribution in [0.5, 0.6) is 0 Å². The molecule has 2 rings (SSSR count). The maximum Gasteiger partial charge on any atom is 0.242 e. The van der Waals surface area contributed by atoms with Crippen molar-refractivity contribution < 1.29 is 9.59 Å². The summed E-state index contributed by atoms with van der Waals surface area (Å²) in [6.07, 6.45) is 1.75. The van der Waals surface area contributed by atoms with Gasteiger partial charge in [-0.05, 0) is 6.07 Å². The number of piperazine rings is 1. The van der Waals surface area contributed by atoms with E-state index in [1.807, 2.05) is 0 Å². The van der Waals surface area contributed by atoms with Gasteiger partial charge in [0.05, 0.1) is 19.6 Å². The Hall–Kier alpha value is -2.05. The highest BCUT2D eigenvalue weighted by molar-refractivity contribution is 5.92. The molecule has 0 atom stereocenters. The van der Waals surface area contributed by atoms with Crippen molar-refractivity contribution in [1.29, 1.82) is 0 Å². The number of amides is 2. The smallest absolute Gasteiger partial charge is 0.242 e. The number of nitrogen functional groups attached to an aromatic ring is 1. The van der Waals surface area contributed by atoms with Gasteiger partial charge in [-0.1, -0.05) is 0 Å². The van der Waals surface area contributed by atoms with Crippen molar-refractivity contribution in [3.8, 4) is 0 Å². The number of anilines is 1. The number of likely N-dealkylation sites (N-methyl/N-ethyl adjacent to an activating group) is 1. The summed E-state index contributed by atoms with van der Waals surface area (Å²) >= 11 is 0. The summed E-state index contributed by atoms with van der Waals surface area (Å²) in [5.74, 6) is 0.377. The third-order valence-corrected chi connectivity index (χ3v) is 2.74. The van der Waals surface area contributed by atoms with Crippen LogP contribution in [0.3, 0.4) is 0 Å². The zero-order valence-corrected chi connectivity index (χ0v) is 9.67. The van der Waals surface area contributed by atoms with Crippen LogP contribution in [0.15, 0.2) is 12.3 Å². The topological polar surface area (TPSA) is 84.5 Å². The number of nitrogens with two attached hydrogens (primary N) is 1. The number of carbonyl (C=O) groups excluding carboxylic acids is 2. The van der Waals surface area contributed by atoms with Crippen molar-refractivity contribution in [2.45, 2.75) is 6.54 Å². The van der Waals surface area contributed by atoms with Crippen LogP contribution in [0.25, 0.3) is 0 Å². The lowest BCUT2D eigenvalue weighted by molar-refractivity contribution is -0.148. The van der Waals surface area contributed by atoms with Gasteiger partial charge < -0.3 is 15.5 Å². The standard InChI is InChI=1S/C10H15N5O2/c1-13-6-10(17)14(7-9(13)16)4-5-15-3-2-8(11)12-15/h2-3H,4-7H2,1H3,(H2,11,12). The Morgan fingerprint density at radius 1 is 1.29 bits per heavy atom. The van der Waals surface area contributed by atoms with Gasteiger partial charge in [-0.3, -0.25) is 14.3 Å². The molecule has 2 amide bonds. The summed E-state index contributed by atoms with van der Waals surface area (Å²) in [5, 5.41) is 4.02. The van der Waals surface area contributed by atoms with Crippen LogP contribution in [0.4, 0.5) is 5.82 Å². The van der Waals surface area contributed by atoms with Crippen LogP contribution in [0, 0.1) is 0 Å². The molecule has 1 aromatic rings. The van der Waals surface area contributed by atoms with E-state index in [1.54, 1.807) is 28.9 Å². The third-order valence-electron chi connectivity index (χ3n) is 2.74. The fourth-order valence-electron chi connectivity index (χ4n) is 1.69. The molecule has 0 spiro atoms. The van der Waals surface area contributed by atoms with E-state index >= 15 is 0 Å². The summed E-state index contributed by atoms with van der Waals surface area (Å²) < 4.78 is 1.66. The fraction of sp³-hybridized carbons (Fsp3) is 0.500. The number of hydrogen-bond acceptors (Lipinski definition) is 4. The molecule has 1 fully saturated rings. The number of hydrogen-bond donors (Lipinski definition) is 1. The lowest BCUT2D eigenvalue weighted by Gasteiger charge is -2.31. The molecule has 0 radical (unpaired) electrons. The Balaban J connectivity index is 1.91. The quantitative estimate of drug-likeness (QED) is 0.713. The van der Waals surface area contributed by atoms with E-state index in [4.69, 9.17) is 5.73 Å². The van der Waals surface area contributed by atoms with Gasteiger partial charge in [-0.25, -0.2) is 0 Å². The van der Waals surface area contributed by atoms with E-state index in [9.17, 15) is 9.59 Å². The lowest BCUT2D eigenvalue weighted by Crippen LogP contribution is -2.52. The fourth-order valence-corrected chi connectivity index (χ4v) is 1.69. The van der Waals surface area contributed by atoms with Crippen molar-refractivity contribution >= 4 is 17.6 Å². The summed E-state index contributed by atoms with van der Waals surface area (Å²) in [5.41, 5.74) is 5.48. The molecule has 1 saturated heterocycles. The van der Waals surface area contributed by atoms with Crippen molar-refractivity contribution in [2.24, 2.45) is 0 Å². The largest absolute Gasteiger partial charge is 0.382 e. The summed E-state index contributed by atoms with van der Waals surface area (Å²) in [6, 6.07) is 1.69. The van der Waals surface area contributed by atoms with Gasteiger partial charge in [0.25, 0.3) is 0 Å². The Kier molecular flexibility index (Phi) is 2.99. The molecule has 1 aliphatic rings. The molecular weight excluding hydrogens is 222 g/mol. The zero-order chi connectivity index (χ0) is 12.4. The van der Waals surface area contributed by atoms with Crippen LogP contribution in [0.2, 0.25) is 0 Å². The monoisotopic (exact) mass is 237 g/mol. The van der Waals surface area contributed by atoms with Gasteiger partial charge in [0.15, 0.2) is 0 Å². The summed E-state index contributed by atoms with van der Waals surface area (Å²) in [6.45, 7) is 1.31. The van der Waals surface area contributed by atoms with Crippen LogP contribution >= 0.6 is 0 Å². The molecule has 0 unspecified atom stereocenters. The molecule has 0 aliphatic carbocycles. The van der Waals surface area contributed by atoms with Crippen LogP contribution in [-0.4, -0.2) is 58.1 Å². The van der Waals surface area contributed by atoms with E-state index in [1.165, 1.54) is 4.90 Å². The molecule has 0 bridgehead atoms. The first-order chi connectivity index (χ1) is 8.06. The zero-order valence-electron chi connectivity index (χ0n) is 9.67. The molecule has 92 valence electrons. The van der Waals surface area contributed by atoms with Crippen LogP contribution in [0.1, 0.15) is 0 Å². The lowest BCUT2D eigenvalue weighted by atomic mass is 10.3. The second-order valence-electron chi connectivity index (χ2n) is 4.07. The number of aromatic nitrogens is 2. The summed E-state index contributed by atoms with van der Waals surface area (Å²) in [4.78, 5) is 26.1. The van der Waals surface area contributed by atoms with Crippen LogP contribution in [-0.2, 0) is 16.1 Å². The molecule has 1 aromatic heterocycles. The SMILES string of the molecule is CN1CC(=O)N(CCn2ccc(N)n2)CC1=O. The van der Waals surface area contributed by atoms with E-state index in [2.05, 4.69) is 5.10 Å². The third kappa shape index (κ3) is 2.55. The Morgan fingerprint density at radius 3 is 2.71 bits per heavy atom. The minimum Gasteiger partial charge on any atom is -0.382 e. The van der Waals surface area contributed by atoms with Gasteiger partial charge in [0.2, 0.25) is 11.8 Å². The molecule has 2 N–H and O–H groups in total. The Labute approximate surface area is 98.8 Å². The van der Waals surface area contributed by atoms with E-state index in [-0.39, 0.29) is 24.9 Å². The number of carbonyl (C=O) groups is 2. The number of rotatable bonds is 3. The van der Waals surface area contributed by atoms with E-state index in [0.29, 0.717) is 18.9 Å². The molecular formula is C10H15N5O2. The Bertz CT molecular complexity index is 442. The second kappa shape index (κ2) is 4.44. The van der Waals surface area contributed by atoms with Crippen molar-refractivity contribution in [2.75, 3.05) is 32.4 Å². The molecule has 0 saturated carbocycles. The molecule has 1 aliphatic heterocycles. The molecule has 0 aromatic carbocycles. The summed E-state index contributed by atoms with van der Waals surface area (Å²) in [7, 11) is 1.63. The molecule has 7 heteroatoms. The van der Waals surface area contributed by atoms with Crippen molar-refractivity contribution in [3.05, 3.63) is 12.3 Å². The molecule has 2 heterocycles. The normalized spacial score (nSPS) is 16.8. The molecule has 7 nitrogen and oxygen atoms in total. The first kappa shape index (κ1) is 11.4. The minimum atomic E-state index is -0.0374. The highest BCUT2D eigenvalue weighted by atomic mass is 16.2. The van der Waals surface area contributed by atoms with Crippen LogP contribution < -0.4 is 5.73 Å². The van der Waals surface area contributed by atoms with Gasteiger partial charge >= 0.3 is 0 Å². The Morgan fingerprint density at radius 2 is 2.06 bits per heavy atom. The average Bonchev–Trinajstić information content (AvgIpc) is 2.68. The van der Waals surface area contributed by atoms with Crippen molar-refractivity contribution in [3.63, 3.8) is 0 Å². The van der Waals surface area contributed by atoms with Gasteiger partial charge in [0.1, 0.15) is 5.82 Å². The van der Waals surface area contributed by atoms with E-state index < -0.39 is 0 Å². The predicted octanol–water partition coefficient (Wildman–Crippen LogP) is -1.23. The highest BCUT2D eigenvalue weighted by Crippen LogP contribution is 2.03. The van der Waals surface area contributed by atoms with Crippen molar-refractivity contribution in [1.82, 2.24) is 19.6 Å². The highest BCUT2D eigenvalue weighted by Gasteiger charge is 2.26. The maximum absolute atomic E-state index is 11.7. The maximum atomic E-state index is 11.7. The number of nitrogens with zero attached hydrogens (tertiary/aromatic N) is 4.